The van der Waals surface area contributed by atoms with Gasteiger partial charge in [0.05, 0.1) is 0 Å². The van der Waals surface area contributed by atoms with Crippen LogP contribution in [0.15, 0.2) is 23.4 Å². The Hall–Kier alpha value is -1.46. The molecule has 0 unspecified atom stereocenters. The molecule has 19 heavy (non-hydrogen) atoms. The molecule has 3 N–H and O–H groups in total. The minimum atomic E-state index is 0.0890. The molecule has 106 valence electrons. The van der Waals surface area contributed by atoms with Crippen molar-refractivity contribution in [3.8, 4) is 0 Å². The third-order valence-electron chi connectivity index (χ3n) is 2.85. The first-order chi connectivity index (χ1) is 8.95. The molecule has 0 radical (unpaired) electrons. The second-order valence-electron chi connectivity index (χ2n) is 4.73. The molecule has 1 rings (SSSR count). The van der Waals surface area contributed by atoms with Gasteiger partial charge in [0.25, 0.3) is 0 Å². The van der Waals surface area contributed by atoms with E-state index in [-0.39, 0.29) is 5.84 Å². The molecule has 1 aromatic carbocycles. The summed E-state index contributed by atoms with van der Waals surface area (Å²) in [5.41, 5.74) is 7.22. The summed E-state index contributed by atoms with van der Waals surface area (Å²) < 4.78 is 0. The number of hydrogen-bond acceptors (Lipinski definition) is 4. The van der Waals surface area contributed by atoms with Crippen molar-refractivity contribution in [3.63, 3.8) is 0 Å². The molecule has 0 aromatic heterocycles. The van der Waals surface area contributed by atoms with Gasteiger partial charge in [-0.2, -0.15) is 0 Å². The lowest BCUT2D eigenvalue weighted by Gasteiger charge is -2.23. The lowest BCUT2D eigenvalue weighted by Crippen LogP contribution is -2.26. The first-order valence-electron chi connectivity index (χ1n) is 6.09. The lowest BCUT2D eigenvalue weighted by atomic mass is 10.1. The Labute approximate surface area is 119 Å². The van der Waals surface area contributed by atoms with Gasteiger partial charge in [-0.05, 0) is 45.3 Å². The predicted molar refractivity (Wildman–Crippen MR) is 80.4 cm³/mol. The average molecular weight is 285 g/mol. The molecule has 0 spiro atoms. The molecule has 0 heterocycles. The van der Waals surface area contributed by atoms with Crippen LogP contribution in [0.1, 0.15) is 12.0 Å². The lowest BCUT2D eigenvalue weighted by molar-refractivity contribution is 0.318. The van der Waals surface area contributed by atoms with Crippen molar-refractivity contribution in [2.75, 3.05) is 39.1 Å². The van der Waals surface area contributed by atoms with E-state index in [1.165, 1.54) is 0 Å². The summed E-state index contributed by atoms with van der Waals surface area (Å²) >= 11 is 6.02. The molecular weight excluding hydrogens is 264 g/mol. The number of anilines is 1. The number of nitrogens with two attached hydrogens (primary N) is 1. The molecule has 0 aliphatic carbocycles. The predicted octanol–water partition coefficient (Wildman–Crippen LogP) is 1.82. The van der Waals surface area contributed by atoms with Crippen LogP contribution in [-0.2, 0) is 0 Å². The highest BCUT2D eigenvalue weighted by Gasteiger charge is 2.11. The van der Waals surface area contributed by atoms with Gasteiger partial charge in [-0.3, -0.25) is 0 Å². The summed E-state index contributed by atoms with van der Waals surface area (Å²) in [5, 5.41) is 12.5. The zero-order chi connectivity index (χ0) is 14.4. The highest BCUT2D eigenvalue weighted by molar-refractivity contribution is 6.31. The zero-order valence-corrected chi connectivity index (χ0v) is 12.4. The first-order valence-corrected chi connectivity index (χ1v) is 6.46. The van der Waals surface area contributed by atoms with E-state index in [9.17, 15) is 0 Å². The minimum Gasteiger partial charge on any atom is -0.409 e. The molecule has 1 aromatic rings. The third-order valence-corrected chi connectivity index (χ3v) is 3.09. The largest absolute Gasteiger partial charge is 0.409 e. The molecule has 0 aliphatic heterocycles. The normalized spacial score (nSPS) is 11.9. The Balaban J connectivity index is 2.88. The minimum absolute atomic E-state index is 0.0890. The van der Waals surface area contributed by atoms with Gasteiger partial charge in [0.2, 0.25) is 0 Å². The van der Waals surface area contributed by atoms with E-state index in [1.807, 2.05) is 27.2 Å². The van der Waals surface area contributed by atoms with Crippen LogP contribution in [0, 0.1) is 0 Å². The summed E-state index contributed by atoms with van der Waals surface area (Å²) in [6.07, 6.45) is 1.02. The number of halogens is 1. The van der Waals surface area contributed by atoms with Crippen LogP contribution in [0.2, 0.25) is 5.02 Å². The first kappa shape index (κ1) is 15.6. The Bertz CT molecular complexity index is 448. The summed E-state index contributed by atoms with van der Waals surface area (Å²) in [6, 6.07) is 5.31. The highest BCUT2D eigenvalue weighted by Crippen LogP contribution is 2.24. The van der Waals surface area contributed by atoms with Crippen molar-refractivity contribution >= 4 is 23.1 Å². The van der Waals surface area contributed by atoms with Crippen molar-refractivity contribution in [1.82, 2.24) is 4.90 Å². The van der Waals surface area contributed by atoms with Crippen molar-refractivity contribution < 1.29 is 5.21 Å². The van der Waals surface area contributed by atoms with E-state index in [0.29, 0.717) is 10.6 Å². The fourth-order valence-electron chi connectivity index (χ4n) is 1.84. The maximum Gasteiger partial charge on any atom is 0.172 e. The molecule has 0 aliphatic rings. The van der Waals surface area contributed by atoms with E-state index in [1.54, 1.807) is 12.1 Å². The second kappa shape index (κ2) is 7.21. The fourth-order valence-corrected chi connectivity index (χ4v) is 2.00. The van der Waals surface area contributed by atoms with Gasteiger partial charge in [-0.1, -0.05) is 16.8 Å². The van der Waals surface area contributed by atoms with Crippen molar-refractivity contribution in [2.45, 2.75) is 6.42 Å². The molecule has 0 amide bonds. The van der Waals surface area contributed by atoms with Gasteiger partial charge >= 0.3 is 0 Å². The maximum absolute atomic E-state index is 8.82. The average Bonchev–Trinajstić information content (AvgIpc) is 2.37. The summed E-state index contributed by atoms with van der Waals surface area (Å²) in [6.45, 7) is 1.87. The van der Waals surface area contributed by atoms with Gasteiger partial charge in [0.1, 0.15) is 0 Å². The number of hydrogen-bond donors (Lipinski definition) is 2. The van der Waals surface area contributed by atoms with Crippen LogP contribution in [0.5, 0.6) is 0 Å². The Morgan fingerprint density at radius 1 is 1.32 bits per heavy atom. The monoisotopic (exact) mass is 284 g/mol. The molecule has 0 saturated heterocycles. The SMILES string of the molecule is CN(C)CCCN(C)c1cc(Cl)ccc1C(N)=NO. The van der Waals surface area contributed by atoms with E-state index >= 15 is 0 Å². The Morgan fingerprint density at radius 2 is 2.00 bits per heavy atom. The number of amidine groups is 1. The standard InChI is InChI=1S/C13H21ClN4O/c1-17(2)7-4-8-18(3)12-9-10(14)5-6-11(12)13(15)16-19/h5-6,9,19H,4,7-8H2,1-3H3,(H2,15,16). The van der Waals surface area contributed by atoms with E-state index < -0.39 is 0 Å². The van der Waals surface area contributed by atoms with Crippen LogP contribution < -0.4 is 10.6 Å². The van der Waals surface area contributed by atoms with Crippen LogP contribution in [-0.4, -0.2) is 50.2 Å². The number of nitrogens with zero attached hydrogens (tertiary/aromatic N) is 3. The second-order valence-corrected chi connectivity index (χ2v) is 5.16. The quantitative estimate of drug-likeness (QED) is 0.362. The van der Waals surface area contributed by atoms with E-state index in [0.717, 1.165) is 25.2 Å². The molecule has 0 saturated carbocycles. The number of benzene rings is 1. The third kappa shape index (κ3) is 4.61. The fraction of sp³-hybridized carbons (Fsp3) is 0.462. The van der Waals surface area contributed by atoms with Crippen molar-refractivity contribution in [1.29, 1.82) is 0 Å². The van der Waals surface area contributed by atoms with Gasteiger partial charge in [-0.15, -0.1) is 0 Å². The van der Waals surface area contributed by atoms with Crippen molar-refractivity contribution in [2.24, 2.45) is 10.9 Å². The van der Waals surface area contributed by atoms with E-state index in [4.69, 9.17) is 22.5 Å². The van der Waals surface area contributed by atoms with Crippen LogP contribution >= 0.6 is 11.6 Å². The van der Waals surface area contributed by atoms with Crippen LogP contribution in [0.25, 0.3) is 0 Å². The Kier molecular flexibility index (Phi) is 5.92. The molecule has 0 atom stereocenters. The van der Waals surface area contributed by atoms with Gasteiger partial charge in [0, 0.05) is 29.9 Å². The van der Waals surface area contributed by atoms with Gasteiger partial charge in [-0.25, -0.2) is 0 Å². The molecule has 0 bridgehead atoms. The molecule has 5 nitrogen and oxygen atoms in total. The summed E-state index contributed by atoms with van der Waals surface area (Å²) in [7, 11) is 6.05. The highest BCUT2D eigenvalue weighted by atomic mass is 35.5. The molecule has 6 heteroatoms. The zero-order valence-electron chi connectivity index (χ0n) is 11.6. The Morgan fingerprint density at radius 3 is 2.58 bits per heavy atom. The summed E-state index contributed by atoms with van der Waals surface area (Å²) in [4.78, 5) is 4.19. The van der Waals surface area contributed by atoms with Crippen molar-refractivity contribution in [3.05, 3.63) is 28.8 Å². The molecular formula is C13H21ClN4O. The van der Waals surface area contributed by atoms with Crippen LogP contribution in [0.3, 0.4) is 0 Å². The smallest absolute Gasteiger partial charge is 0.172 e. The van der Waals surface area contributed by atoms with Gasteiger partial charge < -0.3 is 20.7 Å². The number of rotatable bonds is 6. The van der Waals surface area contributed by atoms with Crippen LogP contribution in [0.4, 0.5) is 5.69 Å². The topological polar surface area (TPSA) is 65.1 Å². The van der Waals surface area contributed by atoms with E-state index in [2.05, 4.69) is 15.0 Å². The maximum atomic E-state index is 8.82. The molecule has 0 fully saturated rings. The number of oxime groups is 1. The summed E-state index contributed by atoms with van der Waals surface area (Å²) in [5.74, 6) is 0.0890. The van der Waals surface area contributed by atoms with Gasteiger partial charge in [0.15, 0.2) is 5.84 Å².